The molecule has 0 bridgehead atoms. The predicted octanol–water partition coefficient (Wildman–Crippen LogP) is 4.43. The smallest absolute Gasteiger partial charge is 0.475 e. The van der Waals surface area contributed by atoms with Gasteiger partial charge in [0.15, 0.2) is 0 Å². The van der Waals surface area contributed by atoms with Gasteiger partial charge in [0.2, 0.25) is 10.0 Å². The van der Waals surface area contributed by atoms with E-state index in [0.717, 1.165) is 31.6 Å². The van der Waals surface area contributed by atoms with E-state index in [1.54, 1.807) is 10.5 Å². The molecule has 2 N–H and O–H groups in total. The highest BCUT2D eigenvalue weighted by Gasteiger charge is 2.46. The number of likely N-dealkylation sites (tertiary alicyclic amines) is 1. The third-order valence-corrected chi connectivity index (χ3v) is 8.77. The largest absolute Gasteiger partial charge is 0.490 e. The first-order valence-corrected chi connectivity index (χ1v) is 13.7. The Balaban J connectivity index is 0.000000349. The topological polar surface area (TPSA) is 128 Å². The number of hydrogen-bond donors (Lipinski definition) is 2. The lowest BCUT2D eigenvalue weighted by molar-refractivity contribution is -0.193. The Morgan fingerprint density at radius 2 is 1.44 bits per heavy atom. The summed E-state index contributed by atoms with van der Waals surface area (Å²) in [6, 6.07) is 11.5. The molecule has 0 saturated carbocycles. The van der Waals surface area contributed by atoms with E-state index in [9.17, 15) is 34.8 Å². The molecular formula is C24H26ClF6N3O6S. The van der Waals surface area contributed by atoms with Crippen LogP contribution in [-0.2, 0) is 32.7 Å². The van der Waals surface area contributed by atoms with Crippen LogP contribution >= 0.6 is 11.6 Å². The van der Waals surface area contributed by atoms with Crippen LogP contribution in [0.4, 0.5) is 26.3 Å². The van der Waals surface area contributed by atoms with E-state index in [4.69, 9.17) is 31.4 Å². The van der Waals surface area contributed by atoms with E-state index in [1.807, 2.05) is 36.5 Å². The number of carboxylic acids is 2. The zero-order chi connectivity index (χ0) is 31.0. The molecule has 2 saturated heterocycles. The van der Waals surface area contributed by atoms with Crippen LogP contribution in [0.3, 0.4) is 0 Å². The number of aromatic nitrogens is 1. The molecule has 0 aliphatic carbocycles. The molecule has 0 amide bonds. The maximum Gasteiger partial charge on any atom is 0.490 e. The third kappa shape index (κ3) is 10.8. The number of carboxylic acid groups (broad SMARTS) is 2. The number of sulfonamides is 1. The molecule has 17 heteroatoms. The van der Waals surface area contributed by atoms with E-state index in [0.29, 0.717) is 24.5 Å². The van der Waals surface area contributed by atoms with E-state index in [-0.39, 0.29) is 11.2 Å². The van der Waals surface area contributed by atoms with Gasteiger partial charge in [0.25, 0.3) is 0 Å². The van der Waals surface area contributed by atoms with Gasteiger partial charge in [-0.05, 0) is 61.2 Å². The van der Waals surface area contributed by atoms with E-state index >= 15 is 0 Å². The quantitative estimate of drug-likeness (QED) is 0.474. The minimum Gasteiger partial charge on any atom is -0.475 e. The second-order valence-corrected chi connectivity index (χ2v) is 11.7. The summed E-state index contributed by atoms with van der Waals surface area (Å²) in [5, 5.41) is 14.7. The Morgan fingerprint density at radius 1 is 0.902 bits per heavy atom. The van der Waals surface area contributed by atoms with Crippen molar-refractivity contribution < 1.29 is 54.6 Å². The first-order valence-electron chi connectivity index (χ1n) is 11.9. The Labute approximate surface area is 236 Å². The normalized spacial score (nSPS) is 20.9. The number of pyridine rings is 1. The standard InChI is InChI=1S/C20H24ClN3O2S.2C2HF3O2/c21-19-5-3-16(4-6-19)14-24-15-18-7-10-23(11-8-20(18)27(24,25)26)13-17-2-1-9-22-12-17;2*3-2(4,5)1(6)7/h1-6,9,12,18,20H,7-8,10-11,13-15H2;2*(H,6,7)/t18-,20-;;/m1../s1. The van der Waals surface area contributed by atoms with Crippen molar-refractivity contribution in [3.05, 3.63) is 64.9 Å². The van der Waals surface area contributed by atoms with Crippen molar-refractivity contribution in [3.63, 3.8) is 0 Å². The molecule has 1 aromatic carbocycles. The number of hydrogen-bond acceptors (Lipinski definition) is 6. The van der Waals surface area contributed by atoms with Crippen molar-refractivity contribution in [2.45, 2.75) is 43.5 Å². The minimum atomic E-state index is -5.08. The number of fused-ring (bicyclic) bond motifs is 1. The number of aliphatic carboxylic acids is 2. The molecule has 0 radical (unpaired) electrons. The van der Waals surface area contributed by atoms with Crippen molar-refractivity contribution >= 4 is 33.6 Å². The van der Waals surface area contributed by atoms with Gasteiger partial charge >= 0.3 is 24.3 Å². The van der Waals surface area contributed by atoms with Crippen LogP contribution in [-0.4, -0.2) is 82.0 Å². The van der Waals surface area contributed by atoms with Gasteiger partial charge in [-0.2, -0.15) is 30.6 Å². The molecule has 0 unspecified atom stereocenters. The number of halogens is 7. The van der Waals surface area contributed by atoms with Gasteiger partial charge in [0, 0.05) is 37.1 Å². The van der Waals surface area contributed by atoms with Gasteiger partial charge < -0.3 is 10.2 Å². The lowest BCUT2D eigenvalue weighted by Crippen LogP contribution is -2.31. The van der Waals surface area contributed by atoms with Crippen molar-refractivity contribution in [3.8, 4) is 0 Å². The fourth-order valence-electron chi connectivity index (χ4n) is 4.21. The molecule has 0 spiro atoms. The number of benzene rings is 1. The minimum absolute atomic E-state index is 0.209. The summed E-state index contributed by atoms with van der Waals surface area (Å²) < 4.78 is 91.3. The van der Waals surface area contributed by atoms with Crippen LogP contribution in [0, 0.1) is 5.92 Å². The highest BCUT2D eigenvalue weighted by atomic mass is 35.5. The van der Waals surface area contributed by atoms with Gasteiger partial charge in [-0.25, -0.2) is 18.0 Å². The third-order valence-electron chi connectivity index (χ3n) is 6.14. The summed E-state index contributed by atoms with van der Waals surface area (Å²) >= 11 is 5.93. The molecule has 9 nitrogen and oxygen atoms in total. The Morgan fingerprint density at radius 3 is 1.93 bits per heavy atom. The Kier molecular flexibility index (Phi) is 11.9. The zero-order valence-corrected chi connectivity index (χ0v) is 22.7. The molecule has 2 atom stereocenters. The molecule has 2 aromatic rings. The fourth-order valence-corrected chi connectivity index (χ4v) is 6.55. The molecule has 1 aromatic heterocycles. The Bertz CT molecular complexity index is 1240. The van der Waals surface area contributed by atoms with Gasteiger partial charge in [0.05, 0.1) is 5.25 Å². The van der Waals surface area contributed by atoms with Crippen LogP contribution in [0.25, 0.3) is 0 Å². The maximum atomic E-state index is 13.1. The first-order chi connectivity index (χ1) is 18.9. The number of carbonyl (C=O) groups is 2. The highest BCUT2D eigenvalue weighted by molar-refractivity contribution is 7.90. The summed E-state index contributed by atoms with van der Waals surface area (Å²) in [6.45, 7) is 3.63. The lowest BCUT2D eigenvalue weighted by atomic mass is 10.0. The van der Waals surface area contributed by atoms with E-state index in [2.05, 4.69) is 16.0 Å². The summed E-state index contributed by atoms with van der Waals surface area (Å²) in [4.78, 5) is 24.3. The van der Waals surface area contributed by atoms with Crippen molar-refractivity contribution in [2.24, 2.45) is 5.92 Å². The average Bonchev–Trinajstić information content (AvgIpc) is 2.98. The molecule has 2 fully saturated rings. The van der Waals surface area contributed by atoms with Crippen LogP contribution in [0.2, 0.25) is 5.02 Å². The van der Waals surface area contributed by atoms with Crippen molar-refractivity contribution in [1.82, 2.24) is 14.2 Å². The molecule has 41 heavy (non-hydrogen) atoms. The number of alkyl halides is 6. The van der Waals surface area contributed by atoms with Crippen LogP contribution in [0.5, 0.6) is 0 Å². The number of nitrogens with zero attached hydrogens (tertiary/aromatic N) is 3. The monoisotopic (exact) mass is 633 g/mol. The lowest BCUT2D eigenvalue weighted by Gasteiger charge is -2.21. The molecule has 2 aliphatic rings. The molecule has 3 heterocycles. The molecular weight excluding hydrogens is 608 g/mol. The maximum absolute atomic E-state index is 13.1. The van der Waals surface area contributed by atoms with Gasteiger partial charge in [0.1, 0.15) is 0 Å². The Hall–Kier alpha value is -2.95. The fraction of sp³-hybridized carbons (Fsp3) is 0.458. The van der Waals surface area contributed by atoms with E-state index in [1.165, 1.54) is 5.56 Å². The van der Waals surface area contributed by atoms with Gasteiger partial charge in [-0.15, -0.1) is 0 Å². The number of rotatable bonds is 4. The second kappa shape index (κ2) is 14.3. The van der Waals surface area contributed by atoms with Gasteiger partial charge in [-0.1, -0.05) is 29.8 Å². The van der Waals surface area contributed by atoms with Crippen LogP contribution < -0.4 is 0 Å². The van der Waals surface area contributed by atoms with Crippen molar-refractivity contribution in [1.29, 1.82) is 0 Å². The predicted molar refractivity (Wildman–Crippen MR) is 134 cm³/mol. The summed E-state index contributed by atoms with van der Waals surface area (Å²) in [7, 11) is -3.25. The first kappa shape index (κ1) is 34.3. The van der Waals surface area contributed by atoms with E-state index < -0.39 is 34.3 Å². The summed E-state index contributed by atoms with van der Waals surface area (Å²) in [6.07, 6.45) is -4.89. The molecule has 2 aliphatic heterocycles. The molecule has 4 rings (SSSR count). The van der Waals surface area contributed by atoms with Crippen molar-refractivity contribution in [2.75, 3.05) is 19.6 Å². The SMILES string of the molecule is O=C(O)C(F)(F)F.O=C(O)C(F)(F)F.O=S1(=O)[C@@H]2CCN(Cc3cccnc3)CC[C@@H]2CN1Cc1ccc(Cl)cc1. The summed E-state index contributed by atoms with van der Waals surface area (Å²) in [5.41, 5.74) is 2.16. The average molecular weight is 634 g/mol. The zero-order valence-electron chi connectivity index (χ0n) is 21.1. The van der Waals surface area contributed by atoms with Crippen LogP contribution in [0.15, 0.2) is 48.8 Å². The highest BCUT2D eigenvalue weighted by Crippen LogP contribution is 2.35. The van der Waals surface area contributed by atoms with Crippen LogP contribution in [0.1, 0.15) is 24.0 Å². The second-order valence-electron chi connectivity index (χ2n) is 9.08. The summed E-state index contributed by atoms with van der Waals surface area (Å²) in [5.74, 6) is -5.30. The molecule has 228 valence electrons. The van der Waals surface area contributed by atoms with Gasteiger partial charge in [-0.3, -0.25) is 9.88 Å².